The SMILES string of the molecule is CCCc1ccccn1.O. The van der Waals surface area contributed by atoms with Gasteiger partial charge in [0.05, 0.1) is 0 Å². The fourth-order valence-corrected chi connectivity index (χ4v) is 0.802. The molecule has 0 aliphatic rings. The second-order valence-corrected chi connectivity index (χ2v) is 2.07. The number of aromatic nitrogens is 1. The van der Waals surface area contributed by atoms with Crippen molar-refractivity contribution in [2.75, 3.05) is 0 Å². The third-order valence-electron chi connectivity index (χ3n) is 1.23. The van der Waals surface area contributed by atoms with Gasteiger partial charge in [-0.3, -0.25) is 4.98 Å². The van der Waals surface area contributed by atoms with Gasteiger partial charge in [-0.2, -0.15) is 0 Å². The number of hydrogen-bond acceptors (Lipinski definition) is 1. The lowest BCUT2D eigenvalue weighted by molar-refractivity contribution is 0.824. The number of pyridine rings is 1. The van der Waals surface area contributed by atoms with Gasteiger partial charge in [0.1, 0.15) is 0 Å². The standard InChI is InChI=1S/C8H11N.H2O/c1-2-5-8-6-3-4-7-9-8;/h3-4,6-7H,2,5H2,1H3;1H2. The summed E-state index contributed by atoms with van der Waals surface area (Å²) in [7, 11) is 0. The molecule has 2 N–H and O–H groups in total. The lowest BCUT2D eigenvalue weighted by atomic mass is 10.2. The maximum atomic E-state index is 4.17. The molecule has 1 aromatic heterocycles. The molecule has 0 aliphatic carbocycles. The second kappa shape index (κ2) is 4.94. The summed E-state index contributed by atoms with van der Waals surface area (Å²) in [6, 6.07) is 6.03. The monoisotopic (exact) mass is 139 g/mol. The molecule has 56 valence electrons. The van der Waals surface area contributed by atoms with Crippen LogP contribution < -0.4 is 0 Å². The van der Waals surface area contributed by atoms with Crippen molar-refractivity contribution >= 4 is 0 Å². The van der Waals surface area contributed by atoms with Crippen LogP contribution in [0.2, 0.25) is 0 Å². The Morgan fingerprint density at radius 1 is 1.40 bits per heavy atom. The van der Waals surface area contributed by atoms with E-state index in [-0.39, 0.29) is 5.48 Å². The van der Waals surface area contributed by atoms with Crippen LogP contribution in [0, 0.1) is 0 Å². The highest BCUT2D eigenvalue weighted by Gasteiger charge is 1.86. The molecule has 0 fully saturated rings. The summed E-state index contributed by atoms with van der Waals surface area (Å²) in [4.78, 5) is 4.17. The average molecular weight is 139 g/mol. The van der Waals surface area contributed by atoms with E-state index in [9.17, 15) is 0 Å². The van der Waals surface area contributed by atoms with Crippen LogP contribution in [0.1, 0.15) is 19.0 Å². The van der Waals surface area contributed by atoms with Crippen LogP contribution in [0.3, 0.4) is 0 Å². The molecule has 1 rings (SSSR count). The Balaban J connectivity index is 0.000000810. The Kier molecular flexibility index (Phi) is 4.50. The molecule has 0 spiro atoms. The zero-order valence-corrected chi connectivity index (χ0v) is 6.17. The van der Waals surface area contributed by atoms with Crippen LogP contribution in [-0.4, -0.2) is 10.5 Å². The number of nitrogens with zero attached hydrogens (tertiary/aromatic N) is 1. The van der Waals surface area contributed by atoms with Gasteiger partial charge in [-0.15, -0.1) is 0 Å². The lowest BCUT2D eigenvalue weighted by Crippen LogP contribution is -1.84. The maximum Gasteiger partial charge on any atom is 0.0403 e. The first-order valence-electron chi connectivity index (χ1n) is 3.33. The van der Waals surface area contributed by atoms with E-state index in [0.717, 1.165) is 6.42 Å². The van der Waals surface area contributed by atoms with Gasteiger partial charge in [-0.1, -0.05) is 19.4 Å². The molecule has 0 saturated carbocycles. The number of aryl methyl sites for hydroxylation is 1. The van der Waals surface area contributed by atoms with Gasteiger partial charge in [0.15, 0.2) is 0 Å². The van der Waals surface area contributed by atoms with Crippen LogP contribution in [0.25, 0.3) is 0 Å². The molecule has 2 heteroatoms. The van der Waals surface area contributed by atoms with Crippen molar-refractivity contribution in [3.8, 4) is 0 Å². The van der Waals surface area contributed by atoms with E-state index in [1.54, 1.807) is 0 Å². The number of rotatable bonds is 2. The van der Waals surface area contributed by atoms with Gasteiger partial charge in [0.25, 0.3) is 0 Å². The molecule has 0 radical (unpaired) electrons. The Hall–Kier alpha value is -0.890. The first-order valence-corrected chi connectivity index (χ1v) is 3.33. The Morgan fingerprint density at radius 3 is 2.70 bits per heavy atom. The molecule has 1 heterocycles. The zero-order chi connectivity index (χ0) is 6.53. The first-order chi connectivity index (χ1) is 4.43. The summed E-state index contributed by atoms with van der Waals surface area (Å²) in [6.45, 7) is 2.16. The van der Waals surface area contributed by atoms with Gasteiger partial charge >= 0.3 is 0 Å². The largest absolute Gasteiger partial charge is 0.412 e. The van der Waals surface area contributed by atoms with Crippen LogP contribution in [0.5, 0.6) is 0 Å². The molecule has 1 aromatic rings. The smallest absolute Gasteiger partial charge is 0.0403 e. The molecule has 2 nitrogen and oxygen atoms in total. The maximum absolute atomic E-state index is 4.17. The Labute approximate surface area is 61.2 Å². The van der Waals surface area contributed by atoms with E-state index < -0.39 is 0 Å². The molecular formula is C8H13NO. The lowest BCUT2D eigenvalue weighted by Gasteiger charge is -1.92. The first kappa shape index (κ1) is 9.11. The molecular weight excluding hydrogens is 126 g/mol. The predicted octanol–water partition coefficient (Wildman–Crippen LogP) is 1.21. The van der Waals surface area contributed by atoms with Gasteiger partial charge in [-0.05, 0) is 18.6 Å². The van der Waals surface area contributed by atoms with Crippen LogP contribution >= 0.6 is 0 Å². The van der Waals surface area contributed by atoms with Crippen molar-refractivity contribution in [2.24, 2.45) is 0 Å². The van der Waals surface area contributed by atoms with E-state index in [1.807, 2.05) is 18.3 Å². The summed E-state index contributed by atoms with van der Waals surface area (Å²) >= 11 is 0. The van der Waals surface area contributed by atoms with E-state index in [4.69, 9.17) is 0 Å². The fourth-order valence-electron chi connectivity index (χ4n) is 0.802. The number of hydrogen-bond donors (Lipinski definition) is 0. The van der Waals surface area contributed by atoms with Gasteiger partial charge in [0.2, 0.25) is 0 Å². The third-order valence-corrected chi connectivity index (χ3v) is 1.23. The summed E-state index contributed by atoms with van der Waals surface area (Å²) in [5, 5.41) is 0. The van der Waals surface area contributed by atoms with Crippen molar-refractivity contribution in [1.29, 1.82) is 0 Å². The van der Waals surface area contributed by atoms with Crippen molar-refractivity contribution in [3.05, 3.63) is 30.1 Å². The van der Waals surface area contributed by atoms with Crippen LogP contribution in [0.15, 0.2) is 24.4 Å². The minimum Gasteiger partial charge on any atom is -0.412 e. The summed E-state index contributed by atoms with van der Waals surface area (Å²) in [6.07, 6.45) is 4.11. The van der Waals surface area contributed by atoms with Crippen LogP contribution in [0.4, 0.5) is 0 Å². The second-order valence-electron chi connectivity index (χ2n) is 2.07. The Bertz CT molecular complexity index is 162. The molecule has 0 atom stereocenters. The molecule has 0 aliphatic heterocycles. The zero-order valence-electron chi connectivity index (χ0n) is 6.17. The fraction of sp³-hybridized carbons (Fsp3) is 0.375. The van der Waals surface area contributed by atoms with Crippen molar-refractivity contribution < 1.29 is 5.48 Å². The molecule has 0 unspecified atom stereocenters. The van der Waals surface area contributed by atoms with E-state index in [1.165, 1.54) is 12.1 Å². The normalized spacial score (nSPS) is 8.50. The van der Waals surface area contributed by atoms with Crippen molar-refractivity contribution in [3.63, 3.8) is 0 Å². The van der Waals surface area contributed by atoms with E-state index in [2.05, 4.69) is 18.0 Å². The molecule has 0 amide bonds. The van der Waals surface area contributed by atoms with Crippen molar-refractivity contribution in [2.45, 2.75) is 19.8 Å². The summed E-state index contributed by atoms with van der Waals surface area (Å²) in [5.74, 6) is 0. The van der Waals surface area contributed by atoms with E-state index in [0.29, 0.717) is 0 Å². The molecule has 0 aromatic carbocycles. The summed E-state index contributed by atoms with van der Waals surface area (Å²) < 4.78 is 0. The minimum absolute atomic E-state index is 0. The summed E-state index contributed by atoms with van der Waals surface area (Å²) in [5.41, 5.74) is 1.19. The molecule has 0 bridgehead atoms. The quantitative estimate of drug-likeness (QED) is 0.607. The average Bonchev–Trinajstić information content (AvgIpc) is 1.91. The van der Waals surface area contributed by atoms with Gasteiger partial charge in [-0.25, -0.2) is 0 Å². The minimum atomic E-state index is 0. The van der Waals surface area contributed by atoms with Gasteiger partial charge < -0.3 is 5.48 Å². The van der Waals surface area contributed by atoms with Crippen molar-refractivity contribution in [1.82, 2.24) is 4.98 Å². The highest BCUT2D eigenvalue weighted by molar-refractivity contribution is 5.02. The highest BCUT2D eigenvalue weighted by atomic mass is 16.0. The topological polar surface area (TPSA) is 44.4 Å². The predicted molar refractivity (Wildman–Crippen MR) is 41.8 cm³/mol. The molecule has 0 saturated heterocycles. The third kappa shape index (κ3) is 2.60. The van der Waals surface area contributed by atoms with Crippen LogP contribution in [-0.2, 0) is 6.42 Å². The van der Waals surface area contributed by atoms with Gasteiger partial charge in [0, 0.05) is 11.9 Å². The Morgan fingerprint density at radius 2 is 2.20 bits per heavy atom. The molecule has 10 heavy (non-hydrogen) atoms. The van der Waals surface area contributed by atoms with E-state index >= 15 is 0 Å². The highest BCUT2D eigenvalue weighted by Crippen LogP contribution is 1.95.